The fourth-order valence-corrected chi connectivity index (χ4v) is 4.70. The van der Waals surface area contributed by atoms with E-state index in [1.54, 1.807) is 6.20 Å². The Morgan fingerprint density at radius 2 is 1.86 bits per heavy atom. The maximum atomic E-state index is 5.98. The summed E-state index contributed by atoms with van der Waals surface area (Å²) in [6.45, 7) is 3.70. The minimum atomic E-state index is 0.660. The first-order valence-corrected chi connectivity index (χ1v) is 8.81. The summed E-state index contributed by atoms with van der Waals surface area (Å²) in [4.78, 5) is 9.85. The number of aromatic nitrogens is 1. The zero-order chi connectivity index (χ0) is 14.2. The van der Waals surface area contributed by atoms with Crippen molar-refractivity contribution >= 4 is 17.4 Å². The summed E-state index contributed by atoms with van der Waals surface area (Å²) in [7, 11) is 0. The van der Waals surface area contributed by atoms with Crippen molar-refractivity contribution in [1.29, 1.82) is 0 Å². The molecule has 0 bridgehead atoms. The molecule has 1 aromatic heterocycles. The Labute approximate surface area is 132 Å². The van der Waals surface area contributed by atoms with Crippen molar-refractivity contribution in [3.63, 3.8) is 0 Å². The molecule has 0 N–H and O–H groups in total. The van der Waals surface area contributed by atoms with Gasteiger partial charge in [0.05, 0.1) is 5.02 Å². The summed E-state index contributed by atoms with van der Waals surface area (Å²) in [6.07, 6.45) is 10.2. The molecule has 21 heavy (non-hydrogen) atoms. The monoisotopic (exact) mass is 305 g/mol. The molecule has 1 aliphatic carbocycles. The highest BCUT2D eigenvalue weighted by atomic mass is 35.5. The van der Waals surface area contributed by atoms with E-state index >= 15 is 0 Å². The summed E-state index contributed by atoms with van der Waals surface area (Å²) in [5, 5.41) is 0.728. The van der Waals surface area contributed by atoms with Gasteiger partial charge in [0, 0.05) is 31.4 Å². The molecule has 3 fully saturated rings. The van der Waals surface area contributed by atoms with E-state index in [1.165, 1.54) is 51.6 Å². The van der Waals surface area contributed by atoms with Crippen LogP contribution >= 0.6 is 11.6 Å². The summed E-state index contributed by atoms with van der Waals surface area (Å²) in [5.41, 5.74) is 0. The SMILES string of the molecule is Clc1ccc(N2CCC3CCN(C4CCCC4)CC32)nc1. The predicted molar refractivity (Wildman–Crippen MR) is 86.9 cm³/mol. The Morgan fingerprint density at radius 3 is 2.62 bits per heavy atom. The third kappa shape index (κ3) is 2.66. The Kier molecular flexibility index (Phi) is 3.80. The van der Waals surface area contributed by atoms with Gasteiger partial charge in [0.2, 0.25) is 0 Å². The van der Waals surface area contributed by atoms with Gasteiger partial charge in [-0.05, 0) is 50.3 Å². The van der Waals surface area contributed by atoms with E-state index in [0.717, 1.165) is 29.3 Å². The highest BCUT2D eigenvalue weighted by molar-refractivity contribution is 6.30. The molecular formula is C17H24ClN3. The van der Waals surface area contributed by atoms with E-state index in [9.17, 15) is 0 Å². The van der Waals surface area contributed by atoms with E-state index in [4.69, 9.17) is 11.6 Å². The van der Waals surface area contributed by atoms with Crippen molar-refractivity contribution in [1.82, 2.24) is 9.88 Å². The molecule has 3 aliphatic rings. The van der Waals surface area contributed by atoms with E-state index in [2.05, 4.69) is 20.9 Å². The van der Waals surface area contributed by atoms with Crippen molar-refractivity contribution < 1.29 is 0 Å². The van der Waals surface area contributed by atoms with Crippen molar-refractivity contribution in [2.45, 2.75) is 50.6 Å². The standard InChI is InChI=1S/C17H24ClN3/c18-14-5-6-17(19-11-14)21-10-8-13-7-9-20(12-16(13)21)15-3-1-2-4-15/h5-6,11,13,15-16H,1-4,7-10,12H2. The summed E-state index contributed by atoms with van der Waals surface area (Å²) in [5.74, 6) is 1.97. The van der Waals surface area contributed by atoms with Gasteiger partial charge >= 0.3 is 0 Å². The highest BCUT2D eigenvalue weighted by Gasteiger charge is 2.40. The number of hydrogen-bond donors (Lipinski definition) is 0. The lowest BCUT2D eigenvalue weighted by Gasteiger charge is -2.41. The molecule has 0 radical (unpaired) electrons. The Morgan fingerprint density at radius 1 is 1.05 bits per heavy atom. The van der Waals surface area contributed by atoms with Crippen molar-refractivity contribution in [3.8, 4) is 0 Å². The van der Waals surface area contributed by atoms with Crippen LogP contribution in [0.15, 0.2) is 18.3 Å². The summed E-state index contributed by atoms with van der Waals surface area (Å²) in [6, 6.07) is 5.56. The topological polar surface area (TPSA) is 19.4 Å². The van der Waals surface area contributed by atoms with Crippen LogP contribution < -0.4 is 4.90 Å². The molecule has 3 nitrogen and oxygen atoms in total. The average molecular weight is 306 g/mol. The summed E-state index contributed by atoms with van der Waals surface area (Å²) >= 11 is 5.98. The quantitative estimate of drug-likeness (QED) is 0.832. The number of nitrogens with zero attached hydrogens (tertiary/aromatic N) is 3. The Hall–Kier alpha value is -0.800. The van der Waals surface area contributed by atoms with Crippen LogP contribution in [0.2, 0.25) is 5.02 Å². The van der Waals surface area contributed by atoms with Gasteiger partial charge in [0.15, 0.2) is 0 Å². The lowest BCUT2D eigenvalue weighted by atomic mass is 9.91. The van der Waals surface area contributed by atoms with Crippen LogP contribution in [-0.4, -0.2) is 41.6 Å². The molecule has 2 atom stereocenters. The smallest absolute Gasteiger partial charge is 0.128 e. The maximum Gasteiger partial charge on any atom is 0.128 e. The Balaban J connectivity index is 1.50. The molecular weight excluding hydrogens is 282 g/mol. The maximum absolute atomic E-state index is 5.98. The molecule has 2 saturated heterocycles. The van der Waals surface area contributed by atoms with Gasteiger partial charge in [-0.15, -0.1) is 0 Å². The minimum Gasteiger partial charge on any atom is -0.352 e. The van der Waals surface area contributed by atoms with Gasteiger partial charge in [-0.1, -0.05) is 24.4 Å². The minimum absolute atomic E-state index is 0.660. The van der Waals surface area contributed by atoms with Gasteiger partial charge in [-0.25, -0.2) is 4.98 Å². The molecule has 2 unspecified atom stereocenters. The van der Waals surface area contributed by atoms with Crippen LogP contribution in [-0.2, 0) is 0 Å². The summed E-state index contributed by atoms with van der Waals surface area (Å²) < 4.78 is 0. The second-order valence-electron chi connectivity index (χ2n) is 6.87. The van der Waals surface area contributed by atoms with Crippen LogP contribution in [0.5, 0.6) is 0 Å². The van der Waals surface area contributed by atoms with Gasteiger partial charge in [0.25, 0.3) is 0 Å². The van der Waals surface area contributed by atoms with E-state index in [1.807, 2.05) is 6.07 Å². The highest BCUT2D eigenvalue weighted by Crippen LogP contribution is 2.36. The van der Waals surface area contributed by atoms with Gasteiger partial charge in [0.1, 0.15) is 5.82 Å². The zero-order valence-electron chi connectivity index (χ0n) is 12.5. The van der Waals surface area contributed by atoms with Gasteiger partial charge < -0.3 is 4.90 Å². The normalized spacial score (nSPS) is 30.8. The molecule has 3 heterocycles. The third-order valence-corrected chi connectivity index (χ3v) is 5.96. The van der Waals surface area contributed by atoms with Crippen LogP contribution in [0.4, 0.5) is 5.82 Å². The van der Waals surface area contributed by atoms with Crippen LogP contribution in [0.25, 0.3) is 0 Å². The second kappa shape index (κ2) is 5.77. The zero-order valence-corrected chi connectivity index (χ0v) is 13.3. The number of likely N-dealkylation sites (tertiary alicyclic amines) is 1. The molecule has 4 rings (SSSR count). The molecule has 114 valence electrons. The van der Waals surface area contributed by atoms with Crippen LogP contribution in [0.1, 0.15) is 38.5 Å². The Bertz CT molecular complexity index is 483. The molecule has 0 spiro atoms. The number of rotatable bonds is 2. The number of fused-ring (bicyclic) bond motifs is 1. The van der Waals surface area contributed by atoms with Crippen LogP contribution in [0.3, 0.4) is 0 Å². The predicted octanol–water partition coefficient (Wildman–Crippen LogP) is 3.58. The van der Waals surface area contributed by atoms with Crippen molar-refractivity contribution in [3.05, 3.63) is 23.4 Å². The molecule has 2 aliphatic heterocycles. The average Bonchev–Trinajstić information content (AvgIpc) is 3.17. The molecule has 0 aromatic carbocycles. The number of hydrogen-bond acceptors (Lipinski definition) is 3. The largest absolute Gasteiger partial charge is 0.352 e. The first kappa shape index (κ1) is 13.8. The van der Waals surface area contributed by atoms with Gasteiger partial charge in [-0.2, -0.15) is 0 Å². The number of anilines is 1. The van der Waals surface area contributed by atoms with E-state index in [0.29, 0.717) is 6.04 Å². The number of pyridine rings is 1. The number of piperidine rings is 1. The number of halogens is 1. The van der Waals surface area contributed by atoms with Crippen molar-refractivity contribution in [2.24, 2.45) is 5.92 Å². The third-order valence-electron chi connectivity index (χ3n) is 5.74. The lowest BCUT2D eigenvalue weighted by Crippen LogP contribution is -2.51. The molecule has 1 saturated carbocycles. The van der Waals surface area contributed by atoms with Crippen molar-refractivity contribution in [2.75, 3.05) is 24.5 Å². The first-order valence-electron chi connectivity index (χ1n) is 8.43. The van der Waals surface area contributed by atoms with E-state index in [-0.39, 0.29) is 0 Å². The fraction of sp³-hybridized carbons (Fsp3) is 0.706. The first-order chi connectivity index (χ1) is 10.3. The molecule has 1 aromatic rings. The van der Waals surface area contributed by atoms with Crippen LogP contribution in [0, 0.1) is 5.92 Å². The van der Waals surface area contributed by atoms with E-state index < -0.39 is 0 Å². The second-order valence-corrected chi connectivity index (χ2v) is 7.30. The molecule has 0 amide bonds. The van der Waals surface area contributed by atoms with Gasteiger partial charge in [-0.3, -0.25) is 4.90 Å². The molecule has 4 heteroatoms. The lowest BCUT2D eigenvalue weighted by molar-refractivity contribution is 0.126. The fourth-order valence-electron chi connectivity index (χ4n) is 4.59.